The lowest BCUT2D eigenvalue weighted by atomic mass is 9.98. The molecular weight excluding hydrogens is 452 g/mol. The summed E-state index contributed by atoms with van der Waals surface area (Å²) in [7, 11) is -3.65. The molecule has 3 aromatic rings. The van der Waals surface area contributed by atoms with Crippen molar-refractivity contribution in [2.75, 3.05) is 19.6 Å². The van der Waals surface area contributed by atoms with E-state index in [9.17, 15) is 13.2 Å². The number of carbonyl (C=O) groups excluding carboxylic acids is 1. The second kappa shape index (κ2) is 10.5. The monoisotopic (exact) mass is 482 g/mol. The number of aromatic nitrogens is 2. The molecule has 34 heavy (non-hydrogen) atoms. The summed E-state index contributed by atoms with van der Waals surface area (Å²) >= 11 is 0. The Labute approximate surface area is 200 Å². The van der Waals surface area contributed by atoms with E-state index in [1.807, 2.05) is 44.2 Å². The highest BCUT2D eigenvalue weighted by Crippen LogP contribution is 2.26. The van der Waals surface area contributed by atoms with Crippen LogP contribution in [0.3, 0.4) is 0 Å². The molecule has 8 nitrogen and oxygen atoms in total. The van der Waals surface area contributed by atoms with E-state index in [0.717, 1.165) is 17.5 Å². The summed E-state index contributed by atoms with van der Waals surface area (Å²) in [6.07, 6.45) is 2.06. The van der Waals surface area contributed by atoms with Gasteiger partial charge in [-0.25, -0.2) is 8.42 Å². The molecule has 180 valence electrons. The maximum absolute atomic E-state index is 13.4. The molecule has 2 aromatic carbocycles. The molecule has 1 aliphatic heterocycles. The Kier molecular flexibility index (Phi) is 7.43. The molecule has 0 unspecified atom stereocenters. The van der Waals surface area contributed by atoms with Crippen molar-refractivity contribution in [1.29, 1.82) is 0 Å². The predicted molar refractivity (Wildman–Crippen MR) is 128 cm³/mol. The molecule has 1 atom stereocenters. The van der Waals surface area contributed by atoms with E-state index in [1.165, 1.54) is 4.31 Å². The highest BCUT2D eigenvalue weighted by Gasteiger charge is 2.35. The van der Waals surface area contributed by atoms with Crippen LogP contribution in [0.4, 0.5) is 0 Å². The van der Waals surface area contributed by atoms with Crippen molar-refractivity contribution in [2.45, 2.75) is 44.6 Å². The highest BCUT2D eigenvalue weighted by atomic mass is 32.2. The van der Waals surface area contributed by atoms with Crippen LogP contribution < -0.4 is 0 Å². The van der Waals surface area contributed by atoms with Gasteiger partial charge in [-0.2, -0.15) is 9.29 Å². The standard InChI is InChI=1S/C25H30N4O4S/c1-3-15-28(18-23-26-24(27-33-23)20-8-5-4-6-9-20)25(30)21-10-7-16-29(17-21)34(31,32)22-13-11-19(2)12-14-22/h4-6,8-9,11-14,21H,3,7,10,15-18H2,1-2H3/t21-/m1/s1. The molecule has 2 heterocycles. The Morgan fingerprint density at radius 2 is 1.88 bits per heavy atom. The number of benzene rings is 2. The van der Waals surface area contributed by atoms with Crippen molar-refractivity contribution in [3.05, 3.63) is 66.1 Å². The first-order valence-corrected chi connectivity index (χ1v) is 13.1. The van der Waals surface area contributed by atoms with Crippen molar-refractivity contribution in [3.63, 3.8) is 0 Å². The Bertz CT molecular complexity index is 1210. The minimum absolute atomic E-state index is 0.0786. The Morgan fingerprint density at radius 1 is 1.15 bits per heavy atom. The van der Waals surface area contributed by atoms with E-state index in [0.29, 0.717) is 37.6 Å². The van der Waals surface area contributed by atoms with Crippen molar-refractivity contribution in [2.24, 2.45) is 5.92 Å². The zero-order chi connectivity index (χ0) is 24.1. The summed E-state index contributed by atoms with van der Waals surface area (Å²) in [5.74, 6) is 0.357. The van der Waals surface area contributed by atoms with Gasteiger partial charge < -0.3 is 9.42 Å². The summed E-state index contributed by atoms with van der Waals surface area (Å²) in [6.45, 7) is 5.24. The molecule has 1 amide bonds. The molecule has 1 aromatic heterocycles. The number of carbonyl (C=O) groups is 1. The summed E-state index contributed by atoms with van der Waals surface area (Å²) in [5, 5.41) is 4.04. The minimum atomic E-state index is -3.65. The van der Waals surface area contributed by atoms with Crippen molar-refractivity contribution >= 4 is 15.9 Å². The molecule has 0 radical (unpaired) electrons. The van der Waals surface area contributed by atoms with Crippen LogP contribution >= 0.6 is 0 Å². The Balaban J connectivity index is 1.47. The van der Waals surface area contributed by atoms with Crippen LogP contribution in [-0.4, -0.2) is 53.3 Å². The van der Waals surface area contributed by atoms with Crippen LogP contribution in [0.2, 0.25) is 0 Å². The zero-order valence-electron chi connectivity index (χ0n) is 19.6. The van der Waals surface area contributed by atoms with E-state index in [4.69, 9.17) is 4.52 Å². The molecule has 1 saturated heterocycles. The van der Waals surface area contributed by atoms with Crippen molar-refractivity contribution in [1.82, 2.24) is 19.3 Å². The predicted octanol–water partition coefficient (Wildman–Crippen LogP) is 3.88. The van der Waals surface area contributed by atoms with Crippen LogP contribution in [0.5, 0.6) is 0 Å². The van der Waals surface area contributed by atoms with Crippen LogP contribution in [0.15, 0.2) is 64.0 Å². The van der Waals surface area contributed by atoms with Crippen LogP contribution in [-0.2, 0) is 21.4 Å². The normalized spacial score (nSPS) is 16.9. The lowest BCUT2D eigenvalue weighted by molar-refractivity contribution is -0.137. The summed E-state index contributed by atoms with van der Waals surface area (Å²) < 4.78 is 33.2. The zero-order valence-corrected chi connectivity index (χ0v) is 20.4. The van der Waals surface area contributed by atoms with Crippen molar-refractivity contribution < 1.29 is 17.7 Å². The Morgan fingerprint density at radius 3 is 2.59 bits per heavy atom. The third-order valence-electron chi connectivity index (χ3n) is 6.02. The second-order valence-corrected chi connectivity index (χ2v) is 10.6. The van der Waals surface area contributed by atoms with Gasteiger partial charge in [0.05, 0.1) is 17.4 Å². The van der Waals surface area contributed by atoms with Crippen LogP contribution in [0, 0.1) is 12.8 Å². The summed E-state index contributed by atoms with van der Waals surface area (Å²) in [5.41, 5.74) is 1.84. The first kappa shape index (κ1) is 24.1. The molecule has 0 aliphatic carbocycles. The number of nitrogens with zero attached hydrogens (tertiary/aromatic N) is 4. The summed E-state index contributed by atoms with van der Waals surface area (Å²) in [4.78, 5) is 19.9. The van der Waals surface area contributed by atoms with Crippen molar-refractivity contribution in [3.8, 4) is 11.4 Å². The van der Waals surface area contributed by atoms with Gasteiger partial charge in [-0.05, 0) is 38.3 Å². The average Bonchev–Trinajstić information content (AvgIpc) is 3.33. The van der Waals surface area contributed by atoms with E-state index in [2.05, 4.69) is 10.1 Å². The van der Waals surface area contributed by atoms with Gasteiger partial charge in [0.1, 0.15) is 0 Å². The fraction of sp³-hybridized carbons (Fsp3) is 0.400. The number of hydrogen-bond acceptors (Lipinski definition) is 6. The van der Waals surface area contributed by atoms with E-state index in [1.54, 1.807) is 29.2 Å². The van der Waals surface area contributed by atoms with Gasteiger partial charge in [-0.3, -0.25) is 4.79 Å². The van der Waals surface area contributed by atoms with Gasteiger partial charge in [-0.15, -0.1) is 0 Å². The van der Waals surface area contributed by atoms with Gasteiger partial charge >= 0.3 is 0 Å². The third-order valence-corrected chi connectivity index (χ3v) is 7.90. The number of sulfonamides is 1. The SMILES string of the molecule is CCCN(Cc1nc(-c2ccccc2)no1)C(=O)[C@@H]1CCCN(S(=O)(=O)c2ccc(C)cc2)C1. The summed E-state index contributed by atoms with van der Waals surface area (Å²) in [6, 6.07) is 16.3. The highest BCUT2D eigenvalue weighted by molar-refractivity contribution is 7.89. The molecule has 4 rings (SSSR count). The lowest BCUT2D eigenvalue weighted by Crippen LogP contribution is -2.46. The maximum Gasteiger partial charge on any atom is 0.246 e. The molecule has 0 N–H and O–H groups in total. The molecule has 0 spiro atoms. The third kappa shape index (κ3) is 5.37. The van der Waals surface area contributed by atoms with Gasteiger partial charge in [-0.1, -0.05) is 60.1 Å². The van der Waals surface area contributed by atoms with Gasteiger partial charge in [0.25, 0.3) is 0 Å². The van der Waals surface area contributed by atoms with Gasteiger partial charge in [0.2, 0.25) is 27.6 Å². The number of amides is 1. The molecular formula is C25H30N4O4S. The van der Waals surface area contributed by atoms with Crippen LogP contribution in [0.1, 0.15) is 37.6 Å². The minimum Gasteiger partial charge on any atom is -0.337 e. The maximum atomic E-state index is 13.4. The smallest absolute Gasteiger partial charge is 0.246 e. The number of rotatable bonds is 8. The molecule has 1 fully saturated rings. The Hall–Kier alpha value is -3.04. The first-order valence-electron chi connectivity index (χ1n) is 11.6. The van der Waals surface area contributed by atoms with E-state index < -0.39 is 15.9 Å². The van der Waals surface area contributed by atoms with E-state index in [-0.39, 0.29) is 23.9 Å². The first-order chi connectivity index (χ1) is 16.4. The average molecular weight is 483 g/mol. The van der Waals surface area contributed by atoms with Gasteiger partial charge in [0.15, 0.2) is 0 Å². The molecule has 0 saturated carbocycles. The van der Waals surface area contributed by atoms with E-state index >= 15 is 0 Å². The number of hydrogen-bond donors (Lipinski definition) is 0. The second-order valence-electron chi connectivity index (χ2n) is 8.65. The largest absolute Gasteiger partial charge is 0.337 e. The lowest BCUT2D eigenvalue weighted by Gasteiger charge is -2.34. The molecule has 9 heteroatoms. The van der Waals surface area contributed by atoms with Crippen LogP contribution in [0.25, 0.3) is 11.4 Å². The molecule has 0 bridgehead atoms. The number of aryl methyl sites for hydroxylation is 1. The topological polar surface area (TPSA) is 96.6 Å². The quantitative estimate of drug-likeness (QED) is 0.483. The fourth-order valence-corrected chi connectivity index (χ4v) is 5.73. The van der Waals surface area contributed by atoms with Gasteiger partial charge in [0, 0.05) is 25.2 Å². The number of piperidine rings is 1. The fourth-order valence-electron chi connectivity index (χ4n) is 4.20. The molecule has 1 aliphatic rings.